The molecular formula is C11H14BrN3O2S. The highest BCUT2D eigenvalue weighted by Crippen LogP contribution is 2.28. The van der Waals surface area contributed by atoms with Gasteiger partial charge in [-0.25, -0.2) is 8.42 Å². The van der Waals surface area contributed by atoms with E-state index in [4.69, 9.17) is 11.1 Å². The van der Waals surface area contributed by atoms with Gasteiger partial charge in [0.05, 0.1) is 17.2 Å². The quantitative estimate of drug-likeness (QED) is 0.624. The third-order valence-corrected chi connectivity index (χ3v) is 5.19. The van der Waals surface area contributed by atoms with Crippen LogP contribution in [-0.4, -0.2) is 38.8 Å². The van der Waals surface area contributed by atoms with E-state index in [0.717, 1.165) is 10.2 Å². The molecule has 1 saturated heterocycles. The van der Waals surface area contributed by atoms with Crippen molar-refractivity contribution in [2.24, 2.45) is 5.73 Å². The van der Waals surface area contributed by atoms with Gasteiger partial charge in [-0.1, -0.05) is 0 Å². The summed E-state index contributed by atoms with van der Waals surface area (Å²) in [4.78, 5) is 2.02. The lowest BCUT2D eigenvalue weighted by Gasteiger charge is -2.29. The maximum Gasteiger partial charge on any atom is 0.153 e. The number of nitrogens with zero attached hydrogens (tertiary/aromatic N) is 1. The van der Waals surface area contributed by atoms with E-state index in [-0.39, 0.29) is 17.3 Å². The maximum absolute atomic E-state index is 11.4. The first-order chi connectivity index (χ1) is 8.39. The van der Waals surface area contributed by atoms with Gasteiger partial charge in [0.2, 0.25) is 0 Å². The van der Waals surface area contributed by atoms with Crippen LogP contribution in [0.3, 0.4) is 0 Å². The Kier molecular flexibility index (Phi) is 3.63. The highest BCUT2D eigenvalue weighted by Gasteiger charge is 2.22. The number of sulfone groups is 1. The summed E-state index contributed by atoms with van der Waals surface area (Å²) in [5.74, 6) is 0.394. The van der Waals surface area contributed by atoms with Crippen molar-refractivity contribution in [1.82, 2.24) is 0 Å². The number of halogens is 1. The van der Waals surface area contributed by atoms with Crippen LogP contribution in [0, 0.1) is 5.41 Å². The van der Waals surface area contributed by atoms with Crippen LogP contribution >= 0.6 is 15.9 Å². The third-order valence-electron chi connectivity index (χ3n) is 2.94. The molecule has 0 aromatic heterocycles. The van der Waals surface area contributed by atoms with Crippen molar-refractivity contribution in [2.75, 3.05) is 29.5 Å². The summed E-state index contributed by atoms with van der Waals surface area (Å²) >= 11 is 3.44. The largest absolute Gasteiger partial charge is 0.384 e. The zero-order chi connectivity index (χ0) is 13.3. The molecule has 2 rings (SSSR count). The van der Waals surface area contributed by atoms with Gasteiger partial charge < -0.3 is 10.6 Å². The van der Waals surface area contributed by atoms with Gasteiger partial charge in [0.15, 0.2) is 9.84 Å². The first-order valence-corrected chi connectivity index (χ1v) is 8.10. The van der Waals surface area contributed by atoms with Crippen LogP contribution in [0.5, 0.6) is 0 Å². The number of benzene rings is 1. The van der Waals surface area contributed by atoms with Gasteiger partial charge in [-0.3, -0.25) is 5.41 Å². The van der Waals surface area contributed by atoms with Gasteiger partial charge in [-0.2, -0.15) is 0 Å². The van der Waals surface area contributed by atoms with Gasteiger partial charge >= 0.3 is 0 Å². The molecule has 1 heterocycles. The van der Waals surface area contributed by atoms with E-state index >= 15 is 0 Å². The monoisotopic (exact) mass is 331 g/mol. The molecular weight excluding hydrogens is 318 g/mol. The van der Waals surface area contributed by atoms with Gasteiger partial charge in [-0.05, 0) is 34.1 Å². The minimum Gasteiger partial charge on any atom is -0.384 e. The van der Waals surface area contributed by atoms with E-state index in [1.807, 2.05) is 11.0 Å². The molecule has 98 valence electrons. The van der Waals surface area contributed by atoms with E-state index in [2.05, 4.69) is 15.9 Å². The molecule has 1 aliphatic rings. The lowest BCUT2D eigenvalue weighted by atomic mass is 10.2. The molecule has 0 bridgehead atoms. The summed E-state index contributed by atoms with van der Waals surface area (Å²) in [7, 11) is -2.87. The number of nitrogen functional groups attached to an aromatic ring is 1. The smallest absolute Gasteiger partial charge is 0.153 e. The molecule has 7 heteroatoms. The van der Waals surface area contributed by atoms with E-state index in [9.17, 15) is 8.42 Å². The lowest BCUT2D eigenvalue weighted by molar-refractivity contribution is 0.586. The third kappa shape index (κ3) is 2.84. The van der Waals surface area contributed by atoms with Crippen molar-refractivity contribution in [1.29, 1.82) is 5.41 Å². The summed E-state index contributed by atoms with van der Waals surface area (Å²) in [5, 5.41) is 7.36. The van der Waals surface area contributed by atoms with Crippen molar-refractivity contribution in [3.05, 3.63) is 28.2 Å². The van der Waals surface area contributed by atoms with E-state index in [0.29, 0.717) is 18.7 Å². The Hall–Kier alpha value is -1.08. The van der Waals surface area contributed by atoms with Crippen LogP contribution in [0.15, 0.2) is 22.7 Å². The summed E-state index contributed by atoms with van der Waals surface area (Å²) < 4.78 is 23.6. The predicted octanol–water partition coefficient (Wildman–Crippen LogP) is 0.968. The number of nitrogens with one attached hydrogen (secondary N) is 1. The Morgan fingerprint density at radius 1 is 1.33 bits per heavy atom. The molecule has 1 aliphatic heterocycles. The van der Waals surface area contributed by atoms with Gasteiger partial charge in [-0.15, -0.1) is 0 Å². The van der Waals surface area contributed by atoms with Crippen molar-refractivity contribution >= 4 is 37.3 Å². The highest BCUT2D eigenvalue weighted by molar-refractivity contribution is 9.10. The highest BCUT2D eigenvalue weighted by atomic mass is 79.9. The zero-order valence-electron chi connectivity index (χ0n) is 9.69. The Labute approximate surface area is 115 Å². The van der Waals surface area contributed by atoms with Crippen LogP contribution < -0.4 is 10.6 Å². The molecule has 0 amide bonds. The molecule has 0 aliphatic carbocycles. The number of anilines is 1. The van der Waals surface area contributed by atoms with Crippen LogP contribution in [0.25, 0.3) is 0 Å². The first-order valence-electron chi connectivity index (χ1n) is 5.48. The SMILES string of the molecule is N=C(N)c1ccc(N2CCS(=O)(=O)CC2)c(Br)c1. The Balaban J connectivity index is 2.22. The Morgan fingerprint density at radius 2 is 1.94 bits per heavy atom. The van der Waals surface area contributed by atoms with Crippen LogP contribution in [0.1, 0.15) is 5.56 Å². The van der Waals surface area contributed by atoms with Gasteiger partial charge in [0.25, 0.3) is 0 Å². The first kappa shape index (κ1) is 13.4. The summed E-state index contributed by atoms with van der Waals surface area (Å²) in [6, 6.07) is 5.41. The van der Waals surface area contributed by atoms with Crippen molar-refractivity contribution in [2.45, 2.75) is 0 Å². The minimum atomic E-state index is -2.87. The molecule has 1 aromatic carbocycles. The average molecular weight is 332 g/mol. The van der Waals surface area contributed by atoms with Crippen LogP contribution in [0.4, 0.5) is 5.69 Å². The number of nitrogens with two attached hydrogens (primary N) is 1. The van der Waals surface area contributed by atoms with Gasteiger partial charge in [0, 0.05) is 23.1 Å². The average Bonchev–Trinajstić information content (AvgIpc) is 2.29. The molecule has 3 N–H and O–H groups in total. The Bertz CT molecular complexity index is 572. The molecule has 18 heavy (non-hydrogen) atoms. The molecule has 1 fully saturated rings. The second-order valence-electron chi connectivity index (χ2n) is 4.22. The van der Waals surface area contributed by atoms with E-state index in [1.165, 1.54) is 0 Å². The topological polar surface area (TPSA) is 87.2 Å². The normalized spacial score (nSPS) is 18.6. The zero-order valence-corrected chi connectivity index (χ0v) is 12.1. The number of rotatable bonds is 2. The van der Waals surface area contributed by atoms with Gasteiger partial charge in [0.1, 0.15) is 5.84 Å². The summed E-state index contributed by atoms with van der Waals surface area (Å²) in [6.45, 7) is 1.00. The van der Waals surface area contributed by atoms with Crippen LogP contribution in [-0.2, 0) is 9.84 Å². The standard InChI is InChI=1S/C11H14BrN3O2S/c12-9-7-8(11(13)14)1-2-10(9)15-3-5-18(16,17)6-4-15/h1-2,7H,3-6H2,(H3,13,14). The molecule has 1 aromatic rings. The second-order valence-corrected chi connectivity index (χ2v) is 7.38. The number of hydrogen-bond donors (Lipinski definition) is 2. The molecule has 0 unspecified atom stereocenters. The van der Waals surface area contributed by atoms with Crippen molar-refractivity contribution in [3.63, 3.8) is 0 Å². The fraction of sp³-hybridized carbons (Fsp3) is 0.364. The van der Waals surface area contributed by atoms with Crippen molar-refractivity contribution in [3.8, 4) is 0 Å². The fourth-order valence-electron chi connectivity index (χ4n) is 1.88. The molecule has 0 spiro atoms. The molecule has 0 atom stereocenters. The fourth-order valence-corrected chi connectivity index (χ4v) is 3.72. The summed E-state index contributed by atoms with van der Waals surface area (Å²) in [5.41, 5.74) is 7.00. The molecule has 0 radical (unpaired) electrons. The van der Waals surface area contributed by atoms with E-state index < -0.39 is 9.84 Å². The second kappa shape index (κ2) is 4.89. The predicted molar refractivity (Wildman–Crippen MR) is 76.0 cm³/mol. The lowest BCUT2D eigenvalue weighted by Crippen LogP contribution is -2.40. The Morgan fingerprint density at radius 3 is 2.44 bits per heavy atom. The number of amidine groups is 1. The van der Waals surface area contributed by atoms with Crippen LogP contribution in [0.2, 0.25) is 0 Å². The van der Waals surface area contributed by atoms with E-state index in [1.54, 1.807) is 12.1 Å². The maximum atomic E-state index is 11.4. The molecule has 5 nitrogen and oxygen atoms in total. The minimum absolute atomic E-state index is 0.0171. The number of hydrogen-bond acceptors (Lipinski definition) is 4. The van der Waals surface area contributed by atoms with Crippen molar-refractivity contribution < 1.29 is 8.42 Å². The molecule has 0 saturated carbocycles. The summed E-state index contributed by atoms with van der Waals surface area (Å²) in [6.07, 6.45) is 0.